The maximum atomic E-state index is 5.59. The summed E-state index contributed by atoms with van der Waals surface area (Å²) >= 11 is 0. The van der Waals surface area contributed by atoms with Crippen molar-refractivity contribution >= 4 is 0 Å². The lowest BCUT2D eigenvalue weighted by Gasteiger charge is -2.25. The monoisotopic (exact) mass is 286 g/mol. The second-order valence-electron chi connectivity index (χ2n) is 5.43. The van der Waals surface area contributed by atoms with Gasteiger partial charge in [-0.05, 0) is 56.0 Å². The number of fused-ring (bicyclic) bond motifs is 1. The van der Waals surface area contributed by atoms with Gasteiger partial charge in [0.15, 0.2) is 0 Å². The van der Waals surface area contributed by atoms with Crippen molar-refractivity contribution in [3.8, 4) is 0 Å². The van der Waals surface area contributed by atoms with Gasteiger partial charge in [0.05, 0.1) is 12.0 Å². The summed E-state index contributed by atoms with van der Waals surface area (Å²) in [6, 6.07) is 8.45. The Balaban J connectivity index is 1.36. The van der Waals surface area contributed by atoms with Gasteiger partial charge in [0, 0.05) is 18.8 Å². The minimum atomic E-state index is 0.403. The molecule has 2 heterocycles. The van der Waals surface area contributed by atoms with Gasteiger partial charge in [-0.15, -0.1) is 0 Å². The van der Waals surface area contributed by atoms with E-state index < -0.39 is 0 Å². The van der Waals surface area contributed by atoms with E-state index in [1.54, 1.807) is 6.26 Å². The first-order valence-electron chi connectivity index (χ1n) is 7.71. The van der Waals surface area contributed by atoms with Crippen LogP contribution in [-0.4, -0.2) is 18.1 Å². The number of nitrogens with one attached hydrogen (secondary N) is 1. The van der Waals surface area contributed by atoms with Crippen LogP contribution in [0.15, 0.2) is 41.1 Å². The molecule has 0 saturated carbocycles. The van der Waals surface area contributed by atoms with Crippen molar-refractivity contribution < 1.29 is 9.15 Å². The largest absolute Gasteiger partial charge is 0.467 e. The molecule has 0 spiro atoms. The van der Waals surface area contributed by atoms with E-state index in [0.717, 1.165) is 31.8 Å². The van der Waals surface area contributed by atoms with Gasteiger partial charge in [-0.3, -0.25) is 4.98 Å². The molecule has 4 heteroatoms. The summed E-state index contributed by atoms with van der Waals surface area (Å²) in [6.45, 7) is 2.26. The first-order chi connectivity index (χ1) is 10.4. The smallest absolute Gasteiger partial charge is 0.129 e. The number of aryl methyl sites for hydroxylation is 1. The van der Waals surface area contributed by atoms with Crippen LogP contribution in [0, 0.1) is 0 Å². The van der Waals surface area contributed by atoms with Gasteiger partial charge in [-0.2, -0.15) is 0 Å². The lowest BCUT2D eigenvalue weighted by atomic mass is 9.92. The zero-order valence-electron chi connectivity index (χ0n) is 12.3. The van der Waals surface area contributed by atoms with Crippen molar-refractivity contribution in [2.75, 3.05) is 13.2 Å². The highest BCUT2D eigenvalue weighted by Gasteiger charge is 2.20. The molecule has 112 valence electrons. The molecule has 0 radical (unpaired) electrons. The van der Waals surface area contributed by atoms with Gasteiger partial charge in [-0.25, -0.2) is 0 Å². The quantitative estimate of drug-likeness (QED) is 0.794. The topological polar surface area (TPSA) is 47.3 Å². The number of furan rings is 1. The van der Waals surface area contributed by atoms with Crippen molar-refractivity contribution in [1.29, 1.82) is 0 Å². The third-order valence-electron chi connectivity index (χ3n) is 3.88. The van der Waals surface area contributed by atoms with Gasteiger partial charge < -0.3 is 14.5 Å². The number of ether oxygens (including phenoxy) is 1. The average molecular weight is 286 g/mol. The van der Waals surface area contributed by atoms with Crippen LogP contribution in [-0.2, 0) is 17.8 Å². The zero-order chi connectivity index (χ0) is 14.3. The fourth-order valence-corrected chi connectivity index (χ4v) is 2.83. The van der Waals surface area contributed by atoms with Crippen LogP contribution in [0.3, 0.4) is 0 Å². The summed E-state index contributed by atoms with van der Waals surface area (Å²) in [7, 11) is 0. The molecule has 0 fully saturated rings. The zero-order valence-corrected chi connectivity index (χ0v) is 12.3. The molecular formula is C17H22N2O2. The summed E-state index contributed by atoms with van der Waals surface area (Å²) in [6.07, 6.45) is 8.15. The Bertz CT molecular complexity index is 539. The van der Waals surface area contributed by atoms with Gasteiger partial charge >= 0.3 is 0 Å². The normalized spacial score (nSPS) is 17.6. The average Bonchev–Trinajstić information content (AvgIpc) is 3.04. The molecule has 1 N–H and O–H groups in total. The molecule has 3 rings (SSSR count). The predicted octanol–water partition coefficient (Wildman–Crippen LogP) is 3.25. The predicted molar refractivity (Wildman–Crippen MR) is 80.9 cm³/mol. The molecule has 0 aliphatic heterocycles. The first-order valence-corrected chi connectivity index (χ1v) is 7.71. The highest BCUT2D eigenvalue weighted by molar-refractivity contribution is 5.25. The maximum absolute atomic E-state index is 5.59. The van der Waals surface area contributed by atoms with E-state index in [0.29, 0.717) is 12.6 Å². The van der Waals surface area contributed by atoms with Crippen molar-refractivity contribution in [3.05, 3.63) is 53.7 Å². The van der Waals surface area contributed by atoms with Crippen molar-refractivity contribution in [1.82, 2.24) is 10.3 Å². The Morgan fingerprint density at radius 2 is 2.33 bits per heavy atom. The van der Waals surface area contributed by atoms with E-state index in [-0.39, 0.29) is 0 Å². The summed E-state index contributed by atoms with van der Waals surface area (Å²) in [5, 5.41) is 3.61. The standard InChI is InChI=1S/C17H22N2O2/c1-5-14-6-2-9-19-17(14)16(8-1)18-10-4-11-20-13-15-7-3-12-21-15/h2-3,6-7,9,12,16,18H,1,4-5,8,10-11,13H2. The number of aromatic nitrogens is 1. The number of nitrogens with zero attached hydrogens (tertiary/aromatic N) is 1. The molecule has 0 bridgehead atoms. The molecule has 2 aromatic heterocycles. The Morgan fingerprint density at radius 1 is 1.33 bits per heavy atom. The lowest BCUT2D eigenvalue weighted by molar-refractivity contribution is 0.103. The fraction of sp³-hybridized carbons (Fsp3) is 0.471. The van der Waals surface area contributed by atoms with Crippen LogP contribution in [0.25, 0.3) is 0 Å². The third kappa shape index (κ3) is 3.93. The first kappa shape index (κ1) is 14.3. The second-order valence-corrected chi connectivity index (χ2v) is 5.43. The highest BCUT2D eigenvalue weighted by atomic mass is 16.5. The third-order valence-corrected chi connectivity index (χ3v) is 3.88. The van der Waals surface area contributed by atoms with E-state index in [4.69, 9.17) is 9.15 Å². The Hall–Kier alpha value is -1.65. The molecular weight excluding hydrogens is 264 g/mol. The number of pyridine rings is 1. The van der Waals surface area contributed by atoms with E-state index >= 15 is 0 Å². The van der Waals surface area contributed by atoms with Gasteiger partial charge in [0.1, 0.15) is 12.4 Å². The fourth-order valence-electron chi connectivity index (χ4n) is 2.83. The lowest BCUT2D eigenvalue weighted by Crippen LogP contribution is -2.27. The van der Waals surface area contributed by atoms with E-state index in [1.807, 2.05) is 24.4 Å². The minimum absolute atomic E-state index is 0.403. The van der Waals surface area contributed by atoms with Crippen molar-refractivity contribution in [3.63, 3.8) is 0 Å². The van der Waals surface area contributed by atoms with Crippen LogP contribution >= 0.6 is 0 Å². The summed E-state index contributed by atoms with van der Waals surface area (Å²) in [4.78, 5) is 4.54. The van der Waals surface area contributed by atoms with Crippen LogP contribution in [0.5, 0.6) is 0 Å². The Morgan fingerprint density at radius 3 is 3.24 bits per heavy atom. The molecule has 2 aromatic rings. The molecule has 4 nitrogen and oxygen atoms in total. The van der Waals surface area contributed by atoms with Gasteiger partial charge in [-0.1, -0.05) is 6.07 Å². The molecule has 0 amide bonds. The molecule has 1 atom stereocenters. The SMILES string of the molecule is c1coc(COCCCNC2CCCc3cccnc32)c1. The van der Waals surface area contributed by atoms with Crippen LogP contribution in [0.2, 0.25) is 0 Å². The number of hydrogen-bond acceptors (Lipinski definition) is 4. The molecule has 1 unspecified atom stereocenters. The summed E-state index contributed by atoms with van der Waals surface area (Å²) < 4.78 is 10.8. The Labute approximate surface area is 125 Å². The number of hydrogen-bond donors (Lipinski definition) is 1. The van der Waals surface area contributed by atoms with E-state index in [9.17, 15) is 0 Å². The Kier molecular flexibility index (Phi) is 5.03. The maximum Gasteiger partial charge on any atom is 0.129 e. The minimum Gasteiger partial charge on any atom is -0.467 e. The van der Waals surface area contributed by atoms with Gasteiger partial charge in [0.2, 0.25) is 0 Å². The van der Waals surface area contributed by atoms with Crippen molar-refractivity contribution in [2.24, 2.45) is 0 Å². The van der Waals surface area contributed by atoms with Crippen LogP contribution < -0.4 is 5.32 Å². The van der Waals surface area contributed by atoms with Gasteiger partial charge in [0.25, 0.3) is 0 Å². The van der Waals surface area contributed by atoms with E-state index in [1.165, 1.54) is 24.1 Å². The summed E-state index contributed by atoms with van der Waals surface area (Å²) in [5.74, 6) is 0.883. The van der Waals surface area contributed by atoms with Crippen molar-refractivity contribution in [2.45, 2.75) is 38.3 Å². The second kappa shape index (κ2) is 7.38. The van der Waals surface area contributed by atoms with Crippen LogP contribution in [0.1, 0.15) is 42.3 Å². The van der Waals surface area contributed by atoms with Crippen LogP contribution in [0.4, 0.5) is 0 Å². The summed E-state index contributed by atoms with van der Waals surface area (Å²) in [5.41, 5.74) is 2.63. The molecule has 0 saturated heterocycles. The molecule has 21 heavy (non-hydrogen) atoms. The molecule has 1 aliphatic rings. The molecule has 0 aromatic carbocycles. The van der Waals surface area contributed by atoms with E-state index in [2.05, 4.69) is 16.4 Å². The number of rotatable bonds is 7. The molecule has 1 aliphatic carbocycles. The highest BCUT2D eigenvalue weighted by Crippen LogP contribution is 2.27.